The van der Waals surface area contributed by atoms with Crippen molar-refractivity contribution >= 4 is 15.7 Å². The molecule has 1 N–H and O–H groups in total. The van der Waals surface area contributed by atoms with Gasteiger partial charge in [-0.15, -0.1) is 0 Å². The number of para-hydroxylation sites is 2. The first-order valence-corrected chi connectivity index (χ1v) is 11.5. The maximum absolute atomic E-state index is 13.2. The summed E-state index contributed by atoms with van der Waals surface area (Å²) in [5, 5.41) is 4.46. The van der Waals surface area contributed by atoms with Crippen LogP contribution in [0.25, 0.3) is 0 Å². The summed E-state index contributed by atoms with van der Waals surface area (Å²) in [5.74, 6) is 0.490. The molecular weight excluding hydrogens is 390 g/mol. The summed E-state index contributed by atoms with van der Waals surface area (Å²) in [6.45, 7) is 10.6. The van der Waals surface area contributed by atoms with E-state index >= 15 is 0 Å². The molecule has 0 saturated carbocycles. The Morgan fingerprint density at radius 2 is 1.97 bits per heavy atom. The van der Waals surface area contributed by atoms with Gasteiger partial charge in [-0.2, -0.15) is 5.10 Å². The minimum Gasteiger partial charge on any atom is -0.489 e. The van der Waals surface area contributed by atoms with E-state index in [9.17, 15) is 8.42 Å². The van der Waals surface area contributed by atoms with E-state index in [0.717, 1.165) is 25.9 Å². The van der Waals surface area contributed by atoms with Crippen molar-refractivity contribution in [3.05, 3.63) is 35.7 Å². The average molecular weight is 422 g/mol. The molecule has 0 spiro atoms. The second-order valence-corrected chi connectivity index (χ2v) is 10.1. The molecule has 1 aliphatic rings. The maximum atomic E-state index is 13.2. The summed E-state index contributed by atoms with van der Waals surface area (Å²) >= 11 is 0. The molecule has 1 fully saturated rings. The van der Waals surface area contributed by atoms with Crippen molar-refractivity contribution in [2.24, 2.45) is 0 Å². The zero-order valence-electron chi connectivity index (χ0n) is 17.9. The van der Waals surface area contributed by atoms with E-state index in [2.05, 4.69) is 9.82 Å². The second-order valence-electron chi connectivity index (χ2n) is 8.48. The number of hydrogen-bond donors (Lipinski definition) is 1. The summed E-state index contributed by atoms with van der Waals surface area (Å²) < 4.78 is 42.4. The van der Waals surface area contributed by atoms with Gasteiger partial charge in [0, 0.05) is 6.61 Å². The molecule has 1 atom stereocenters. The van der Waals surface area contributed by atoms with Crippen LogP contribution in [0.3, 0.4) is 0 Å². The van der Waals surface area contributed by atoms with Gasteiger partial charge < -0.3 is 9.47 Å². The number of anilines is 1. The molecule has 0 bridgehead atoms. The van der Waals surface area contributed by atoms with E-state index in [1.807, 2.05) is 26.8 Å². The number of aryl methyl sites for hydroxylation is 1. The highest BCUT2D eigenvalue weighted by Gasteiger charge is 2.29. The van der Waals surface area contributed by atoms with Gasteiger partial charge in [0.25, 0.3) is 10.0 Å². The molecule has 160 valence electrons. The van der Waals surface area contributed by atoms with Crippen LogP contribution in [-0.2, 0) is 20.3 Å². The minimum absolute atomic E-state index is 0.0444. The zero-order chi connectivity index (χ0) is 21.2. The molecule has 3 rings (SSSR count). The smallest absolute Gasteiger partial charge is 0.265 e. The standard InChI is InChI=1S/C21H31N3O4S/c1-15-20(16(2)24(22-15)21(3,4)5)29(25,26)23-18-11-6-7-12-19(18)28-14-17-10-8-9-13-27-17/h6-7,11-12,17,23H,8-10,13-14H2,1-5H3. The van der Waals surface area contributed by atoms with Crippen molar-refractivity contribution in [3.8, 4) is 5.75 Å². The Hall–Kier alpha value is -2.06. The number of ether oxygens (including phenoxy) is 2. The quantitative estimate of drug-likeness (QED) is 0.762. The third-order valence-corrected chi connectivity index (χ3v) is 6.58. The minimum atomic E-state index is -3.82. The average Bonchev–Trinajstić information content (AvgIpc) is 2.97. The topological polar surface area (TPSA) is 82.5 Å². The Morgan fingerprint density at radius 3 is 2.59 bits per heavy atom. The molecule has 8 heteroatoms. The lowest BCUT2D eigenvalue weighted by atomic mass is 10.1. The predicted molar refractivity (Wildman–Crippen MR) is 113 cm³/mol. The van der Waals surface area contributed by atoms with Crippen molar-refractivity contribution in [2.75, 3.05) is 17.9 Å². The number of benzene rings is 1. The van der Waals surface area contributed by atoms with Crippen molar-refractivity contribution in [1.29, 1.82) is 0 Å². The molecule has 1 unspecified atom stereocenters. The van der Waals surface area contributed by atoms with Gasteiger partial charge in [-0.3, -0.25) is 9.40 Å². The lowest BCUT2D eigenvalue weighted by molar-refractivity contribution is -0.0109. The largest absolute Gasteiger partial charge is 0.489 e. The number of rotatable bonds is 6. The van der Waals surface area contributed by atoms with Crippen molar-refractivity contribution in [2.45, 2.75) is 70.4 Å². The monoisotopic (exact) mass is 421 g/mol. The zero-order valence-corrected chi connectivity index (χ0v) is 18.7. The van der Waals surface area contributed by atoms with Crippen molar-refractivity contribution < 1.29 is 17.9 Å². The van der Waals surface area contributed by atoms with E-state index in [1.165, 1.54) is 0 Å². The van der Waals surface area contributed by atoms with Crippen LogP contribution < -0.4 is 9.46 Å². The molecule has 0 aliphatic carbocycles. The fraction of sp³-hybridized carbons (Fsp3) is 0.571. The molecule has 0 amide bonds. The molecule has 2 aromatic rings. The Bertz CT molecular complexity index is 955. The molecule has 1 aliphatic heterocycles. The lowest BCUT2D eigenvalue weighted by Crippen LogP contribution is -2.26. The number of nitrogens with zero attached hydrogens (tertiary/aromatic N) is 2. The molecule has 2 heterocycles. The van der Waals surface area contributed by atoms with Gasteiger partial charge in [0.05, 0.1) is 28.7 Å². The maximum Gasteiger partial charge on any atom is 0.265 e. The fourth-order valence-electron chi connectivity index (χ4n) is 3.66. The normalized spacial score (nSPS) is 17.9. The van der Waals surface area contributed by atoms with Crippen LogP contribution in [0.4, 0.5) is 5.69 Å². The van der Waals surface area contributed by atoms with Crippen LogP contribution in [0.15, 0.2) is 29.2 Å². The van der Waals surface area contributed by atoms with Crippen molar-refractivity contribution in [1.82, 2.24) is 9.78 Å². The van der Waals surface area contributed by atoms with Gasteiger partial charge in [0.2, 0.25) is 0 Å². The van der Waals surface area contributed by atoms with Gasteiger partial charge >= 0.3 is 0 Å². The lowest BCUT2D eigenvalue weighted by Gasteiger charge is -2.23. The molecule has 29 heavy (non-hydrogen) atoms. The summed E-state index contributed by atoms with van der Waals surface area (Å²) in [5.41, 5.74) is 1.17. The summed E-state index contributed by atoms with van der Waals surface area (Å²) in [6, 6.07) is 7.07. The van der Waals surface area contributed by atoms with Crippen LogP contribution in [0.5, 0.6) is 5.75 Å². The summed E-state index contributed by atoms with van der Waals surface area (Å²) in [7, 11) is -3.82. The van der Waals surface area contributed by atoms with Gasteiger partial charge in [-0.25, -0.2) is 8.42 Å². The van der Waals surface area contributed by atoms with Crippen LogP contribution in [-0.4, -0.2) is 37.5 Å². The van der Waals surface area contributed by atoms with E-state index in [1.54, 1.807) is 36.7 Å². The van der Waals surface area contributed by atoms with Crippen LogP contribution in [0.1, 0.15) is 51.4 Å². The molecular formula is C21H31N3O4S. The highest BCUT2D eigenvalue weighted by Crippen LogP contribution is 2.30. The second kappa shape index (κ2) is 8.36. The third-order valence-electron chi connectivity index (χ3n) is 4.96. The van der Waals surface area contributed by atoms with Crippen LogP contribution >= 0.6 is 0 Å². The number of hydrogen-bond acceptors (Lipinski definition) is 5. The highest BCUT2D eigenvalue weighted by molar-refractivity contribution is 7.92. The molecule has 1 aromatic carbocycles. The van der Waals surface area contributed by atoms with Crippen molar-refractivity contribution in [3.63, 3.8) is 0 Å². The fourth-order valence-corrected chi connectivity index (χ4v) is 5.13. The van der Waals surface area contributed by atoms with E-state index in [4.69, 9.17) is 9.47 Å². The first-order chi connectivity index (χ1) is 13.6. The van der Waals surface area contributed by atoms with Gasteiger partial charge in [0.1, 0.15) is 17.3 Å². The predicted octanol–water partition coefficient (Wildman–Crippen LogP) is 4.00. The van der Waals surface area contributed by atoms with Gasteiger partial charge in [-0.05, 0) is 66.0 Å². The molecule has 1 saturated heterocycles. The van der Waals surface area contributed by atoms with E-state index < -0.39 is 10.0 Å². The molecule has 0 radical (unpaired) electrons. The SMILES string of the molecule is Cc1nn(C(C)(C)C)c(C)c1S(=O)(=O)Nc1ccccc1OCC1CCCCO1. The Balaban J connectivity index is 1.83. The Labute approximate surface area is 173 Å². The van der Waals surface area contributed by atoms with Gasteiger partial charge in [0.15, 0.2) is 0 Å². The highest BCUT2D eigenvalue weighted by atomic mass is 32.2. The number of aromatic nitrogens is 2. The van der Waals surface area contributed by atoms with Crippen LogP contribution in [0.2, 0.25) is 0 Å². The van der Waals surface area contributed by atoms with E-state index in [0.29, 0.717) is 29.4 Å². The number of sulfonamides is 1. The summed E-state index contributed by atoms with van der Waals surface area (Å²) in [6.07, 6.45) is 3.20. The Kier molecular flexibility index (Phi) is 6.24. The number of nitrogens with one attached hydrogen (secondary N) is 1. The molecule has 1 aromatic heterocycles. The first-order valence-electron chi connectivity index (χ1n) is 10.0. The van der Waals surface area contributed by atoms with E-state index in [-0.39, 0.29) is 16.5 Å². The van der Waals surface area contributed by atoms with Crippen LogP contribution in [0, 0.1) is 13.8 Å². The Morgan fingerprint density at radius 1 is 1.24 bits per heavy atom. The van der Waals surface area contributed by atoms with Gasteiger partial charge in [-0.1, -0.05) is 12.1 Å². The summed E-state index contributed by atoms with van der Waals surface area (Å²) in [4.78, 5) is 0.206. The third kappa shape index (κ3) is 4.93. The molecule has 7 nitrogen and oxygen atoms in total. The first kappa shape index (κ1) is 21.6.